The summed E-state index contributed by atoms with van der Waals surface area (Å²) in [6.45, 7) is 1.91. The quantitative estimate of drug-likeness (QED) is 0.852. The van der Waals surface area contributed by atoms with Gasteiger partial charge in [0.2, 0.25) is 10.0 Å². The number of nitrogens with one attached hydrogen (secondary N) is 1. The average molecular weight is 317 g/mol. The number of nitrogens with two attached hydrogens (primary N) is 1. The highest BCUT2D eigenvalue weighted by Crippen LogP contribution is 2.26. The summed E-state index contributed by atoms with van der Waals surface area (Å²) < 4.78 is 27.0. The highest BCUT2D eigenvalue weighted by Gasteiger charge is 2.18. The Bertz CT molecular complexity index is 682. The molecule has 0 atom stereocenters. The molecule has 0 fully saturated rings. The molecule has 2 aromatic rings. The minimum Gasteiger partial charge on any atom is -0.398 e. The van der Waals surface area contributed by atoms with Crippen LogP contribution in [-0.2, 0) is 16.6 Å². The molecular weight excluding hydrogens is 304 g/mol. The monoisotopic (exact) mass is 316 g/mol. The molecule has 0 unspecified atom stereocenters. The summed E-state index contributed by atoms with van der Waals surface area (Å²) >= 11 is 7.38. The van der Waals surface area contributed by atoms with Crippen molar-refractivity contribution >= 4 is 38.6 Å². The summed E-state index contributed by atoms with van der Waals surface area (Å²) in [5, 5.41) is 4.09. The first-order valence-electron chi connectivity index (χ1n) is 5.46. The topological polar surface area (TPSA) is 72.2 Å². The molecule has 2 rings (SSSR count). The Kier molecular flexibility index (Phi) is 4.15. The first-order chi connectivity index (χ1) is 8.90. The van der Waals surface area contributed by atoms with Gasteiger partial charge >= 0.3 is 0 Å². The second-order valence-electron chi connectivity index (χ2n) is 4.07. The summed E-state index contributed by atoms with van der Waals surface area (Å²) in [6.07, 6.45) is 0. The Morgan fingerprint density at radius 2 is 2.16 bits per heavy atom. The summed E-state index contributed by atoms with van der Waals surface area (Å²) in [6, 6.07) is 4.81. The Hall–Kier alpha value is -1.08. The van der Waals surface area contributed by atoms with E-state index >= 15 is 0 Å². The highest BCUT2D eigenvalue weighted by molar-refractivity contribution is 7.89. The zero-order chi connectivity index (χ0) is 14.0. The maximum absolute atomic E-state index is 12.2. The van der Waals surface area contributed by atoms with E-state index in [2.05, 4.69) is 4.72 Å². The summed E-state index contributed by atoms with van der Waals surface area (Å²) in [7, 11) is -3.62. The lowest BCUT2D eigenvalue weighted by molar-refractivity contribution is 0.581. The van der Waals surface area contributed by atoms with Gasteiger partial charge in [0.05, 0.1) is 4.90 Å². The molecule has 19 heavy (non-hydrogen) atoms. The van der Waals surface area contributed by atoms with Gasteiger partial charge in [0.1, 0.15) is 0 Å². The van der Waals surface area contributed by atoms with E-state index < -0.39 is 10.0 Å². The van der Waals surface area contributed by atoms with Gasteiger partial charge in [-0.25, -0.2) is 13.1 Å². The molecular formula is C12H13ClN2O2S2. The van der Waals surface area contributed by atoms with Crippen LogP contribution in [0.1, 0.15) is 11.1 Å². The summed E-state index contributed by atoms with van der Waals surface area (Å²) in [5.74, 6) is 0. The first-order valence-corrected chi connectivity index (χ1v) is 8.27. The maximum Gasteiger partial charge on any atom is 0.241 e. The van der Waals surface area contributed by atoms with Crippen LogP contribution in [0.25, 0.3) is 0 Å². The van der Waals surface area contributed by atoms with Crippen molar-refractivity contribution < 1.29 is 8.42 Å². The summed E-state index contributed by atoms with van der Waals surface area (Å²) in [4.78, 5) is 0.118. The van der Waals surface area contributed by atoms with Gasteiger partial charge in [0, 0.05) is 17.3 Å². The molecule has 0 aliphatic carbocycles. The van der Waals surface area contributed by atoms with E-state index in [0.29, 0.717) is 16.3 Å². The molecule has 0 aliphatic rings. The van der Waals surface area contributed by atoms with Crippen LogP contribution in [0.5, 0.6) is 0 Å². The van der Waals surface area contributed by atoms with Crippen molar-refractivity contribution in [3.63, 3.8) is 0 Å². The number of hydrogen-bond donors (Lipinski definition) is 2. The van der Waals surface area contributed by atoms with Gasteiger partial charge in [-0.3, -0.25) is 0 Å². The second kappa shape index (κ2) is 5.50. The molecule has 0 spiro atoms. The van der Waals surface area contributed by atoms with Crippen LogP contribution in [0.15, 0.2) is 33.9 Å². The van der Waals surface area contributed by atoms with Crippen molar-refractivity contribution in [2.75, 3.05) is 5.73 Å². The minimum absolute atomic E-state index is 0.118. The van der Waals surface area contributed by atoms with Crippen LogP contribution in [0.2, 0.25) is 5.02 Å². The smallest absolute Gasteiger partial charge is 0.241 e. The van der Waals surface area contributed by atoms with Gasteiger partial charge in [-0.1, -0.05) is 11.6 Å². The normalized spacial score (nSPS) is 11.7. The molecule has 1 aromatic heterocycles. The Morgan fingerprint density at radius 1 is 1.42 bits per heavy atom. The van der Waals surface area contributed by atoms with E-state index in [4.69, 9.17) is 17.3 Å². The predicted molar refractivity (Wildman–Crippen MR) is 78.9 cm³/mol. The maximum atomic E-state index is 12.2. The predicted octanol–water partition coefficient (Wildman–Crippen LogP) is 2.77. The second-order valence-corrected chi connectivity index (χ2v) is 7.03. The van der Waals surface area contributed by atoms with Crippen molar-refractivity contribution in [2.24, 2.45) is 0 Å². The number of anilines is 1. The van der Waals surface area contributed by atoms with Crippen LogP contribution in [0.4, 0.5) is 5.69 Å². The van der Waals surface area contributed by atoms with E-state index in [9.17, 15) is 8.42 Å². The van der Waals surface area contributed by atoms with Crippen molar-refractivity contribution in [3.8, 4) is 0 Å². The lowest BCUT2D eigenvalue weighted by atomic mass is 10.2. The minimum atomic E-state index is -3.62. The van der Waals surface area contributed by atoms with E-state index in [0.717, 1.165) is 5.56 Å². The molecule has 0 bridgehead atoms. The van der Waals surface area contributed by atoms with Crippen molar-refractivity contribution in [1.82, 2.24) is 4.72 Å². The van der Waals surface area contributed by atoms with Gasteiger partial charge in [-0.2, -0.15) is 11.3 Å². The standard InChI is InChI=1S/C12H13ClN2O2S2/c1-8-11(14)4-10(13)5-12(8)19(16,17)15-6-9-2-3-18-7-9/h2-5,7,15H,6,14H2,1H3. The molecule has 0 aliphatic heterocycles. The molecule has 0 amide bonds. The molecule has 1 heterocycles. The van der Waals surface area contributed by atoms with Gasteiger partial charge in [-0.15, -0.1) is 0 Å². The Balaban J connectivity index is 2.29. The van der Waals surface area contributed by atoms with Gasteiger partial charge in [-0.05, 0) is 47.0 Å². The third kappa shape index (κ3) is 3.27. The number of hydrogen-bond acceptors (Lipinski definition) is 4. The molecule has 102 valence electrons. The summed E-state index contributed by atoms with van der Waals surface area (Å²) in [5.41, 5.74) is 7.52. The van der Waals surface area contributed by atoms with E-state index in [1.165, 1.54) is 23.5 Å². The molecule has 0 saturated heterocycles. The fraction of sp³-hybridized carbons (Fsp3) is 0.167. The lowest BCUT2D eigenvalue weighted by Crippen LogP contribution is -2.24. The van der Waals surface area contributed by atoms with Crippen molar-refractivity contribution in [1.29, 1.82) is 0 Å². The van der Waals surface area contributed by atoms with Gasteiger partial charge < -0.3 is 5.73 Å². The van der Waals surface area contributed by atoms with Crippen LogP contribution in [0, 0.1) is 6.92 Å². The average Bonchev–Trinajstić information content (AvgIpc) is 2.84. The number of nitrogen functional groups attached to an aromatic ring is 1. The van der Waals surface area contributed by atoms with E-state index in [-0.39, 0.29) is 11.4 Å². The SMILES string of the molecule is Cc1c(N)cc(Cl)cc1S(=O)(=O)NCc1ccsc1. The third-order valence-corrected chi connectivity index (χ3v) is 5.18. The Morgan fingerprint density at radius 3 is 2.79 bits per heavy atom. The number of thiophene rings is 1. The number of halogens is 1. The molecule has 7 heteroatoms. The van der Waals surface area contributed by atoms with E-state index in [1.54, 1.807) is 6.92 Å². The molecule has 4 nitrogen and oxygen atoms in total. The van der Waals surface area contributed by atoms with Crippen LogP contribution in [-0.4, -0.2) is 8.42 Å². The van der Waals surface area contributed by atoms with Crippen LogP contribution < -0.4 is 10.5 Å². The van der Waals surface area contributed by atoms with Crippen molar-refractivity contribution in [2.45, 2.75) is 18.4 Å². The first kappa shape index (κ1) is 14.3. The zero-order valence-corrected chi connectivity index (χ0v) is 12.6. The highest BCUT2D eigenvalue weighted by atomic mass is 35.5. The molecule has 1 aromatic carbocycles. The largest absolute Gasteiger partial charge is 0.398 e. The number of rotatable bonds is 4. The van der Waals surface area contributed by atoms with Gasteiger partial charge in [0.25, 0.3) is 0 Å². The molecule has 0 saturated carbocycles. The number of benzene rings is 1. The fourth-order valence-corrected chi connectivity index (χ4v) is 3.88. The van der Waals surface area contributed by atoms with Gasteiger partial charge in [0.15, 0.2) is 0 Å². The Labute approximate surface area is 121 Å². The van der Waals surface area contributed by atoms with E-state index in [1.807, 2.05) is 16.8 Å². The van der Waals surface area contributed by atoms with Crippen LogP contribution >= 0.6 is 22.9 Å². The third-order valence-electron chi connectivity index (χ3n) is 2.70. The lowest BCUT2D eigenvalue weighted by Gasteiger charge is -2.11. The fourth-order valence-electron chi connectivity index (χ4n) is 1.60. The van der Waals surface area contributed by atoms with Crippen molar-refractivity contribution in [3.05, 3.63) is 45.1 Å². The number of sulfonamides is 1. The zero-order valence-electron chi connectivity index (χ0n) is 10.2. The molecule has 3 N–H and O–H groups in total. The molecule has 0 radical (unpaired) electrons. The van der Waals surface area contributed by atoms with Crippen LogP contribution in [0.3, 0.4) is 0 Å².